The Morgan fingerprint density at radius 3 is 2.80 bits per heavy atom. The summed E-state index contributed by atoms with van der Waals surface area (Å²) in [5, 5.41) is 3.31. The Morgan fingerprint density at radius 1 is 1.53 bits per heavy atom. The van der Waals surface area contributed by atoms with Crippen LogP contribution in [0.1, 0.15) is 19.4 Å². The Hall–Kier alpha value is -0.610. The van der Waals surface area contributed by atoms with Gasteiger partial charge in [0.05, 0.1) is 4.47 Å². The van der Waals surface area contributed by atoms with Crippen LogP contribution >= 0.6 is 15.9 Å². The van der Waals surface area contributed by atoms with E-state index in [1.165, 1.54) is 5.56 Å². The molecule has 1 aromatic heterocycles. The normalized spacial score (nSPS) is 11.5. The van der Waals surface area contributed by atoms with E-state index in [0.717, 1.165) is 16.8 Å². The molecule has 0 amide bonds. The van der Waals surface area contributed by atoms with Gasteiger partial charge in [-0.2, -0.15) is 0 Å². The van der Waals surface area contributed by atoms with Gasteiger partial charge in [0.15, 0.2) is 0 Å². The molecule has 1 aromatic rings. The molecule has 0 aliphatic carbocycles. The molecule has 0 radical (unpaired) electrons. The highest BCUT2D eigenvalue weighted by molar-refractivity contribution is 9.10. The molecule has 3 nitrogen and oxygen atoms in total. The SMILES string of the molecule is Cc1ccnc(NCC(C)(C)CN)c1Br. The fourth-order valence-corrected chi connectivity index (χ4v) is 1.43. The molecule has 84 valence electrons. The van der Waals surface area contributed by atoms with Crippen molar-refractivity contribution in [2.75, 3.05) is 18.4 Å². The summed E-state index contributed by atoms with van der Waals surface area (Å²) in [5.41, 5.74) is 6.93. The van der Waals surface area contributed by atoms with Crippen molar-refractivity contribution in [2.24, 2.45) is 11.1 Å². The lowest BCUT2D eigenvalue weighted by atomic mass is 9.94. The van der Waals surface area contributed by atoms with Crippen LogP contribution in [0.4, 0.5) is 5.82 Å². The molecule has 4 heteroatoms. The Labute approximate surface area is 99.6 Å². The van der Waals surface area contributed by atoms with Gasteiger partial charge < -0.3 is 11.1 Å². The Kier molecular flexibility index (Phi) is 4.11. The minimum Gasteiger partial charge on any atom is -0.369 e. The van der Waals surface area contributed by atoms with Gasteiger partial charge in [0.1, 0.15) is 5.82 Å². The molecular formula is C11H18BrN3. The second-order valence-corrected chi connectivity index (χ2v) is 5.31. The topological polar surface area (TPSA) is 50.9 Å². The number of nitrogens with one attached hydrogen (secondary N) is 1. The predicted molar refractivity (Wildman–Crippen MR) is 68.0 cm³/mol. The maximum Gasteiger partial charge on any atom is 0.140 e. The number of aryl methyl sites for hydroxylation is 1. The lowest BCUT2D eigenvalue weighted by Crippen LogP contribution is -2.31. The van der Waals surface area contributed by atoms with E-state index in [0.29, 0.717) is 6.54 Å². The fraction of sp³-hybridized carbons (Fsp3) is 0.545. The third-order valence-electron chi connectivity index (χ3n) is 2.37. The number of nitrogens with zero attached hydrogens (tertiary/aromatic N) is 1. The summed E-state index contributed by atoms with van der Waals surface area (Å²) in [7, 11) is 0. The van der Waals surface area contributed by atoms with E-state index in [-0.39, 0.29) is 5.41 Å². The minimum atomic E-state index is 0.0882. The number of pyridine rings is 1. The third kappa shape index (κ3) is 3.47. The second kappa shape index (κ2) is 4.94. The van der Waals surface area contributed by atoms with Gasteiger partial charge in [0, 0.05) is 12.7 Å². The van der Waals surface area contributed by atoms with E-state index >= 15 is 0 Å². The van der Waals surface area contributed by atoms with Crippen LogP contribution in [0.15, 0.2) is 16.7 Å². The number of hydrogen-bond donors (Lipinski definition) is 2. The lowest BCUT2D eigenvalue weighted by Gasteiger charge is -2.23. The van der Waals surface area contributed by atoms with Crippen molar-refractivity contribution in [3.05, 3.63) is 22.3 Å². The number of nitrogens with two attached hydrogens (primary N) is 1. The largest absolute Gasteiger partial charge is 0.369 e. The van der Waals surface area contributed by atoms with E-state index in [1.54, 1.807) is 6.20 Å². The molecule has 15 heavy (non-hydrogen) atoms. The summed E-state index contributed by atoms with van der Waals surface area (Å²) >= 11 is 3.51. The Balaban J connectivity index is 2.70. The third-order valence-corrected chi connectivity index (χ3v) is 3.37. The smallest absolute Gasteiger partial charge is 0.140 e. The molecule has 0 bridgehead atoms. The van der Waals surface area contributed by atoms with Gasteiger partial charge in [-0.25, -0.2) is 4.98 Å². The monoisotopic (exact) mass is 271 g/mol. The van der Waals surface area contributed by atoms with Gasteiger partial charge in [-0.05, 0) is 46.4 Å². The molecule has 0 aromatic carbocycles. The van der Waals surface area contributed by atoms with Crippen LogP contribution in [0, 0.1) is 12.3 Å². The first kappa shape index (κ1) is 12.5. The molecule has 0 unspecified atom stereocenters. The highest BCUT2D eigenvalue weighted by atomic mass is 79.9. The maximum absolute atomic E-state index is 5.67. The van der Waals surface area contributed by atoms with E-state index < -0.39 is 0 Å². The number of hydrogen-bond acceptors (Lipinski definition) is 3. The van der Waals surface area contributed by atoms with Gasteiger partial charge in [0.2, 0.25) is 0 Å². The molecule has 0 saturated carbocycles. The molecule has 0 aliphatic heterocycles. The lowest BCUT2D eigenvalue weighted by molar-refractivity contribution is 0.405. The summed E-state index contributed by atoms with van der Waals surface area (Å²) in [6, 6.07) is 1.98. The molecule has 0 spiro atoms. The van der Waals surface area contributed by atoms with Crippen LogP contribution in [0.3, 0.4) is 0 Å². The molecule has 1 rings (SSSR count). The summed E-state index contributed by atoms with van der Waals surface area (Å²) < 4.78 is 1.03. The van der Waals surface area contributed by atoms with Crippen molar-refractivity contribution in [3.63, 3.8) is 0 Å². The first-order chi connectivity index (χ1) is 6.96. The van der Waals surface area contributed by atoms with Crippen LogP contribution in [0.2, 0.25) is 0 Å². The molecular weight excluding hydrogens is 254 g/mol. The minimum absolute atomic E-state index is 0.0882. The number of aromatic nitrogens is 1. The molecule has 0 atom stereocenters. The van der Waals surface area contributed by atoms with Crippen LogP contribution in [0.25, 0.3) is 0 Å². The summed E-state index contributed by atoms with van der Waals surface area (Å²) in [5.74, 6) is 0.886. The second-order valence-electron chi connectivity index (χ2n) is 4.51. The van der Waals surface area contributed by atoms with Crippen molar-refractivity contribution in [3.8, 4) is 0 Å². The fourth-order valence-electron chi connectivity index (χ4n) is 1.06. The zero-order chi connectivity index (χ0) is 11.5. The highest BCUT2D eigenvalue weighted by Gasteiger charge is 2.16. The van der Waals surface area contributed by atoms with Crippen molar-refractivity contribution >= 4 is 21.7 Å². The van der Waals surface area contributed by atoms with Crippen LogP contribution < -0.4 is 11.1 Å². The van der Waals surface area contributed by atoms with Crippen molar-refractivity contribution < 1.29 is 0 Å². The van der Waals surface area contributed by atoms with Crippen LogP contribution in [-0.4, -0.2) is 18.1 Å². The zero-order valence-corrected chi connectivity index (χ0v) is 11.1. The predicted octanol–water partition coefficient (Wildman–Crippen LogP) is 2.55. The number of rotatable bonds is 4. The van der Waals surface area contributed by atoms with E-state index in [4.69, 9.17) is 5.73 Å². The summed E-state index contributed by atoms with van der Waals surface area (Å²) in [4.78, 5) is 4.28. The summed E-state index contributed by atoms with van der Waals surface area (Å²) in [6.45, 7) is 7.78. The van der Waals surface area contributed by atoms with Crippen molar-refractivity contribution in [1.29, 1.82) is 0 Å². The van der Waals surface area contributed by atoms with Crippen LogP contribution in [-0.2, 0) is 0 Å². The first-order valence-electron chi connectivity index (χ1n) is 5.01. The highest BCUT2D eigenvalue weighted by Crippen LogP contribution is 2.24. The number of anilines is 1. The Morgan fingerprint density at radius 2 is 2.20 bits per heavy atom. The molecule has 0 saturated heterocycles. The number of halogens is 1. The molecule has 0 fully saturated rings. The van der Waals surface area contributed by atoms with Gasteiger partial charge in [-0.15, -0.1) is 0 Å². The van der Waals surface area contributed by atoms with Crippen molar-refractivity contribution in [1.82, 2.24) is 4.98 Å². The average molecular weight is 272 g/mol. The van der Waals surface area contributed by atoms with Gasteiger partial charge in [-0.3, -0.25) is 0 Å². The van der Waals surface area contributed by atoms with Crippen molar-refractivity contribution in [2.45, 2.75) is 20.8 Å². The first-order valence-corrected chi connectivity index (χ1v) is 5.80. The average Bonchev–Trinajstić information content (AvgIpc) is 2.20. The van der Waals surface area contributed by atoms with E-state index in [1.807, 2.05) is 13.0 Å². The van der Waals surface area contributed by atoms with Gasteiger partial charge in [-0.1, -0.05) is 13.8 Å². The molecule has 0 aliphatic rings. The quantitative estimate of drug-likeness (QED) is 0.885. The van der Waals surface area contributed by atoms with Crippen LogP contribution in [0.5, 0.6) is 0 Å². The van der Waals surface area contributed by atoms with Gasteiger partial charge >= 0.3 is 0 Å². The Bertz CT molecular complexity index is 337. The zero-order valence-electron chi connectivity index (χ0n) is 9.47. The molecule has 1 heterocycles. The van der Waals surface area contributed by atoms with E-state index in [2.05, 4.69) is 40.1 Å². The van der Waals surface area contributed by atoms with Gasteiger partial charge in [0.25, 0.3) is 0 Å². The standard InChI is InChI=1S/C11H18BrN3/c1-8-4-5-14-10(9(8)12)15-7-11(2,3)6-13/h4-5H,6-7,13H2,1-3H3,(H,14,15). The maximum atomic E-state index is 5.67. The van der Waals surface area contributed by atoms with E-state index in [9.17, 15) is 0 Å². The molecule has 3 N–H and O–H groups in total. The summed E-state index contributed by atoms with van der Waals surface area (Å²) in [6.07, 6.45) is 1.80.